The number of nitro groups is 1. The lowest BCUT2D eigenvalue weighted by atomic mass is 10.3. The molecule has 214 valence electrons. The number of amides is 3. The smallest absolute Gasteiger partial charge is 0.287 e. The molecule has 1 unspecified atom stereocenters. The second-order valence-electron chi connectivity index (χ2n) is 9.22. The zero-order valence-electron chi connectivity index (χ0n) is 22.3. The highest BCUT2D eigenvalue weighted by Gasteiger charge is 2.20. The van der Waals surface area contributed by atoms with Crippen LogP contribution in [0.5, 0.6) is 0 Å². The van der Waals surface area contributed by atoms with Gasteiger partial charge in [-0.1, -0.05) is 0 Å². The van der Waals surface area contributed by atoms with Crippen LogP contribution in [0, 0.1) is 10.1 Å². The number of aryl methyl sites for hydroxylation is 3. The first-order valence-electron chi connectivity index (χ1n) is 12.1. The SMILES string of the molecule is CC(CNC(=O)c1cc(NC(=O)c2cc(NC(=O)c3cc([N+](=O)[O-])cn3C)cn2C)cn1C)NC1=NCCN1.Cl. The van der Waals surface area contributed by atoms with Crippen LogP contribution in [0.15, 0.2) is 41.8 Å². The Hall–Kier alpha value is -4.79. The van der Waals surface area contributed by atoms with Crippen LogP contribution >= 0.6 is 12.4 Å². The Labute approximate surface area is 235 Å². The average molecular weight is 575 g/mol. The molecule has 5 N–H and O–H groups in total. The number of aromatic nitrogens is 3. The molecule has 0 spiro atoms. The molecule has 0 bridgehead atoms. The first-order chi connectivity index (χ1) is 18.5. The number of aliphatic imine (C=N–C) groups is 1. The lowest BCUT2D eigenvalue weighted by molar-refractivity contribution is -0.384. The van der Waals surface area contributed by atoms with Crippen molar-refractivity contribution in [3.05, 3.63) is 64.0 Å². The number of carbonyl (C=O) groups excluding carboxylic acids is 3. The van der Waals surface area contributed by atoms with Crippen LogP contribution in [-0.2, 0) is 21.1 Å². The summed E-state index contributed by atoms with van der Waals surface area (Å²) in [5.74, 6) is -0.586. The summed E-state index contributed by atoms with van der Waals surface area (Å²) in [6.07, 6.45) is 4.42. The maximum absolute atomic E-state index is 12.9. The summed E-state index contributed by atoms with van der Waals surface area (Å²) in [6, 6.07) is 4.19. The summed E-state index contributed by atoms with van der Waals surface area (Å²) < 4.78 is 4.50. The second-order valence-corrected chi connectivity index (χ2v) is 9.22. The molecule has 3 amide bonds. The second kappa shape index (κ2) is 12.4. The quantitative estimate of drug-likeness (QED) is 0.188. The van der Waals surface area contributed by atoms with Crippen molar-refractivity contribution in [3.63, 3.8) is 0 Å². The van der Waals surface area contributed by atoms with Crippen LogP contribution in [0.3, 0.4) is 0 Å². The zero-order chi connectivity index (χ0) is 28.3. The van der Waals surface area contributed by atoms with Crippen molar-refractivity contribution in [1.29, 1.82) is 0 Å². The fourth-order valence-electron chi connectivity index (χ4n) is 4.10. The minimum atomic E-state index is -0.581. The van der Waals surface area contributed by atoms with Crippen molar-refractivity contribution in [3.8, 4) is 0 Å². The Kier molecular flexibility index (Phi) is 9.21. The van der Waals surface area contributed by atoms with Gasteiger partial charge in [-0.15, -0.1) is 12.4 Å². The van der Waals surface area contributed by atoms with Gasteiger partial charge in [-0.05, 0) is 19.1 Å². The monoisotopic (exact) mass is 574 g/mol. The van der Waals surface area contributed by atoms with Gasteiger partial charge in [0.1, 0.15) is 17.1 Å². The van der Waals surface area contributed by atoms with Crippen molar-refractivity contribution >= 4 is 53.2 Å². The number of carbonyl (C=O) groups is 3. The first-order valence-corrected chi connectivity index (χ1v) is 12.1. The highest BCUT2D eigenvalue weighted by molar-refractivity contribution is 6.07. The van der Waals surface area contributed by atoms with E-state index >= 15 is 0 Å². The topological polar surface area (TPSA) is 182 Å². The molecule has 0 aliphatic carbocycles. The molecule has 1 aliphatic heterocycles. The molecule has 0 aromatic carbocycles. The van der Waals surface area contributed by atoms with E-state index in [9.17, 15) is 24.5 Å². The zero-order valence-corrected chi connectivity index (χ0v) is 23.2. The number of guanidine groups is 1. The molecule has 40 heavy (non-hydrogen) atoms. The van der Waals surface area contributed by atoms with Crippen LogP contribution in [0.1, 0.15) is 38.4 Å². The van der Waals surface area contributed by atoms with E-state index in [0.29, 0.717) is 29.6 Å². The van der Waals surface area contributed by atoms with Gasteiger partial charge in [0.2, 0.25) is 0 Å². The molecule has 0 saturated carbocycles. The normalized spacial score (nSPS) is 12.9. The standard InChI is InChI=1S/C24H30N10O5.ClH/c1-14(28-24-25-5-6-26-24)10-27-21(35)18-7-15(11-31(18)2)29-22(36)19-8-16(12-32(19)3)30-23(37)20-9-17(34(38)39)13-33(20)4;/h7-9,11-14H,5-6,10H2,1-4H3,(H,27,35)(H,29,36)(H,30,37)(H2,25,26,28);1H. The highest BCUT2D eigenvalue weighted by Crippen LogP contribution is 2.20. The third kappa shape index (κ3) is 6.79. The van der Waals surface area contributed by atoms with Gasteiger partial charge in [-0.3, -0.25) is 29.5 Å². The van der Waals surface area contributed by atoms with Crippen LogP contribution in [0.4, 0.5) is 17.1 Å². The van der Waals surface area contributed by atoms with E-state index in [1.807, 2.05) is 6.92 Å². The minimum Gasteiger partial charge on any atom is -0.355 e. The molecule has 0 fully saturated rings. The highest BCUT2D eigenvalue weighted by atomic mass is 35.5. The van der Waals surface area contributed by atoms with Crippen molar-refractivity contribution in [1.82, 2.24) is 29.7 Å². The van der Waals surface area contributed by atoms with Crippen LogP contribution in [0.25, 0.3) is 0 Å². The Morgan fingerprint density at radius 2 is 1.48 bits per heavy atom. The lowest BCUT2D eigenvalue weighted by Crippen LogP contribution is -2.45. The number of halogens is 1. The van der Waals surface area contributed by atoms with Gasteiger partial charge >= 0.3 is 0 Å². The van der Waals surface area contributed by atoms with Gasteiger partial charge in [0.15, 0.2) is 5.96 Å². The predicted molar refractivity (Wildman–Crippen MR) is 151 cm³/mol. The molecule has 1 atom stereocenters. The maximum atomic E-state index is 12.9. The maximum Gasteiger partial charge on any atom is 0.287 e. The fourth-order valence-corrected chi connectivity index (χ4v) is 4.10. The van der Waals surface area contributed by atoms with Crippen molar-refractivity contribution in [2.24, 2.45) is 26.1 Å². The lowest BCUT2D eigenvalue weighted by Gasteiger charge is -2.16. The molecule has 16 heteroatoms. The number of anilines is 2. The number of rotatable bonds is 9. The number of hydrogen-bond donors (Lipinski definition) is 5. The van der Waals surface area contributed by atoms with Gasteiger partial charge in [-0.2, -0.15) is 0 Å². The Morgan fingerprint density at radius 1 is 0.950 bits per heavy atom. The molecule has 15 nitrogen and oxygen atoms in total. The molecule has 1 aliphatic rings. The molecule has 0 saturated heterocycles. The predicted octanol–water partition coefficient (Wildman–Crippen LogP) is 1.20. The van der Waals surface area contributed by atoms with Crippen molar-refractivity contribution in [2.75, 3.05) is 30.3 Å². The number of nitrogens with one attached hydrogen (secondary N) is 5. The van der Waals surface area contributed by atoms with Gasteiger partial charge in [0.25, 0.3) is 23.4 Å². The van der Waals surface area contributed by atoms with E-state index < -0.39 is 16.7 Å². The van der Waals surface area contributed by atoms with E-state index in [4.69, 9.17) is 0 Å². The Morgan fingerprint density at radius 3 is 1.98 bits per heavy atom. The van der Waals surface area contributed by atoms with Crippen LogP contribution < -0.4 is 26.6 Å². The summed E-state index contributed by atoms with van der Waals surface area (Å²) in [4.78, 5) is 52.9. The Bertz CT molecular complexity index is 1470. The summed E-state index contributed by atoms with van der Waals surface area (Å²) in [5, 5.41) is 25.6. The van der Waals surface area contributed by atoms with E-state index in [0.717, 1.165) is 13.1 Å². The van der Waals surface area contributed by atoms with Gasteiger partial charge in [0, 0.05) is 58.7 Å². The van der Waals surface area contributed by atoms with Crippen LogP contribution in [0.2, 0.25) is 0 Å². The third-order valence-corrected chi connectivity index (χ3v) is 6.05. The van der Waals surface area contributed by atoms with E-state index in [2.05, 4.69) is 31.6 Å². The number of hydrogen-bond acceptors (Lipinski definition) is 8. The van der Waals surface area contributed by atoms with Gasteiger partial charge in [-0.25, -0.2) is 0 Å². The summed E-state index contributed by atoms with van der Waals surface area (Å²) in [6.45, 7) is 3.82. The van der Waals surface area contributed by atoms with Crippen molar-refractivity contribution in [2.45, 2.75) is 13.0 Å². The minimum absolute atomic E-state index is 0. The van der Waals surface area contributed by atoms with E-state index in [1.165, 1.54) is 34.5 Å². The molecule has 0 radical (unpaired) electrons. The molecule has 3 aromatic rings. The third-order valence-electron chi connectivity index (χ3n) is 6.05. The fraction of sp³-hybridized carbons (Fsp3) is 0.333. The van der Waals surface area contributed by atoms with E-state index in [1.54, 1.807) is 37.1 Å². The van der Waals surface area contributed by atoms with E-state index in [-0.39, 0.29) is 41.4 Å². The van der Waals surface area contributed by atoms with Gasteiger partial charge < -0.3 is 40.3 Å². The van der Waals surface area contributed by atoms with Gasteiger partial charge in [0.05, 0.1) is 29.0 Å². The molecule has 3 aromatic heterocycles. The summed E-state index contributed by atoms with van der Waals surface area (Å²) >= 11 is 0. The molecule has 4 rings (SSSR count). The first kappa shape index (κ1) is 29.8. The molecular formula is C24H31ClN10O5. The summed E-state index contributed by atoms with van der Waals surface area (Å²) in [5.41, 5.74) is 1.28. The summed E-state index contributed by atoms with van der Waals surface area (Å²) in [7, 11) is 4.87. The van der Waals surface area contributed by atoms with Crippen LogP contribution in [-0.4, -0.2) is 68.0 Å². The molecule has 4 heterocycles. The Balaban J connectivity index is 0.00000441. The van der Waals surface area contributed by atoms with Crippen molar-refractivity contribution < 1.29 is 19.3 Å². The molecular weight excluding hydrogens is 544 g/mol. The largest absolute Gasteiger partial charge is 0.355 e. The number of nitrogens with zero attached hydrogens (tertiary/aromatic N) is 5. The average Bonchev–Trinajstić information content (AvgIpc) is 3.65.